The van der Waals surface area contributed by atoms with Gasteiger partial charge in [-0.1, -0.05) is 0 Å². The lowest BCUT2D eigenvalue weighted by Crippen LogP contribution is -2.42. The zero-order valence-corrected chi connectivity index (χ0v) is 16.0. The van der Waals surface area contributed by atoms with E-state index in [0.717, 1.165) is 17.5 Å². The van der Waals surface area contributed by atoms with Gasteiger partial charge in [-0.3, -0.25) is 14.4 Å². The van der Waals surface area contributed by atoms with Gasteiger partial charge in [-0.05, 0) is 31.0 Å². The molecular formula is C19H21N3O5S. The van der Waals surface area contributed by atoms with Gasteiger partial charge in [-0.2, -0.15) is 0 Å². The summed E-state index contributed by atoms with van der Waals surface area (Å²) in [6, 6.07) is 5.18. The highest BCUT2D eigenvalue weighted by molar-refractivity contribution is 7.23. The first kappa shape index (κ1) is 18.7. The van der Waals surface area contributed by atoms with Gasteiger partial charge < -0.3 is 25.4 Å². The van der Waals surface area contributed by atoms with Crippen molar-refractivity contribution in [2.75, 3.05) is 38.2 Å². The molecule has 0 atom stereocenters. The van der Waals surface area contributed by atoms with Crippen molar-refractivity contribution in [1.29, 1.82) is 0 Å². The predicted octanol–water partition coefficient (Wildman–Crippen LogP) is 1.59. The second-order valence-corrected chi connectivity index (χ2v) is 7.93. The van der Waals surface area contributed by atoms with Crippen LogP contribution in [0.1, 0.15) is 23.2 Å². The van der Waals surface area contributed by atoms with E-state index in [1.54, 1.807) is 23.1 Å². The number of anilines is 1. The van der Waals surface area contributed by atoms with Gasteiger partial charge in [-0.25, -0.2) is 0 Å². The molecule has 0 unspecified atom stereocenters. The highest BCUT2D eigenvalue weighted by Crippen LogP contribution is 2.39. The van der Waals surface area contributed by atoms with Crippen molar-refractivity contribution in [2.24, 2.45) is 11.7 Å². The van der Waals surface area contributed by atoms with E-state index < -0.39 is 5.91 Å². The number of hydrogen-bond donors (Lipinski definition) is 2. The summed E-state index contributed by atoms with van der Waals surface area (Å²) in [5, 5.41) is 3.94. The number of rotatable bonds is 6. The highest BCUT2D eigenvalue weighted by atomic mass is 32.1. The Balaban J connectivity index is 1.50. The number of ether oxygens (including phenoxy) is 2. The lowest BCUT2D eigenvalue weighted by molar-refractivity contribution is -0.137. The standard InChI is InChI=1S/C19H21N3O5S/c20-17(24)16-13-4-3-12(27-10-15(23)22-5-7-26-8-6-22)9-14(13)28-19(16)21-18(25)11-1-2-11/h3-4,9,11H,1-2,5-8,10H2,(H2,20,24)(H,21,25). The molecule has 0 radical (unpaired) electrons. The fraction of sp³-hybridized carbons (Fsp3) is 0.421. The minimum absolute atomic E-state index is 0.0241. The molecule has 2 aliphatic rings. The summed E-state index contributed by atoms with van der Waals surface area (Å²) in [6.07, 6.45) is 1.75. The first-order valence-electron chi connectivity index (χ1n) is 9.18. The summed E-state index contributed by atoms with van der Waals surface area (Å²) in [5.74, 6) is -0.220. The molecule has 1 saturated heterocycles. The number of amides is 3. The molecule has 2 heterocycles. The molecule has 1 saturated carbocycles. The summed E-state index contributed by atoms with van der Waals surface area (Å²) in [6.45, 7) is 2.15. The number of nitrogens with zero attached hydrogens (tertiary/aromatic N) is 1. The first-order chi connectivity index (χ1) is 13.5. The smallest absolute Gasteiger partial charge is 0.260 e. The lowest BCUT2D eigenvalue weighted by atomic mass is 10.1. The van der Waals surface area contributed by atoms with E-state index in [2.05, 4.69) is 5.32 Å². The lowest BCUT2D eigenvalue weighted by Gasteiger charge is -2.26. The first-order valence-corrected chi connectivity index (χ1v) is 10.00. The predicted molar refractivity (Wildman–Crippen MR) is 105 cm³/mol. The average molecular weight is 403 g/mol. The van der Waals surface area contributed by atoms with Crippen molar-refractivity contribution in [3.63, 3.8) is 0 Å². The number of benzene rings is 1. The van der Waals surface area contributed by atoms with Gasteiger partial charge in [0.15, 0.2) is 6.61 Å². The fourth-order valence-electron chi connectivity index (χ4n) is 3.11. The van der Waals surface area contributed by atoms with Gasteiger partial charge >= 0.3 is 0 Å². The molecule has 3 N–H and O–H groups in total. The summed E-state index contributed by atoms with van der Waals surface area (Å²) in [7, 11) is 0. The molecule has 0 bridgehead atoms. The number of carbonyl (C=O) groups is 3. The topological polar surface area (TPSA) is 111 Å². The average Bonchev–Trinajstić information content (AvgIpc) is 3.48. The van der Waals surface area contributed by atoms with Crippen molar-refractivity contribution in [1.82, 2.24) is 4.90 Å². The number of nitrogens with two attached hydrogens (primary N) is 1. The number of hydrogen-bond acceptors (Lipinski definition) is 6. The molecule has 4 rings (SSSR count). The van der Waals surface area contributed by atoms with Gasteiger partial charge in [0.05, 0.1) is 18.8 Å². The number of thiophene rings is 1. The Bertz CT molecular complexity index is 931. The Labute approximate surface area is 165 Å². The minimum atomic E-state index is -0.589. The largest absolute Gasteiger partial charge is 0.484 e. The molecule has 2 fully saturated rings. The fourth-order valence-corrected chi connectivity index (χ4v) is 4.25. The summed E-state index contributed by atoms with van der Waals surface area (Å²) in [4.78, 5) is 37.9. The van der Waals surface area contributed by atoms with E-state index in [0.29, 0.717) is 48.0 Å². The van der Waals surface area contributed by atoms with E-state index in [9.17, 15) is 14.4 Å². The van der Waals surface area contributed by atoms with Crippen molar-refractivity contribution in [3.8, 4) is 5.75 Å². The quantitative estimate of drug-likeness (QED) is 0.761. The van der Waals surface area contributed by atoms with Crippen molar-refractivity contribution < 1.29 is 23.9 Å². The van der Waals surface area contributed by atoms with Gasteiger partial charge in [-0.15, -0.1) is 11.3 Å². The van der Waals surface area contributed by atoms with E-state index >= 15 is 0 Å². The zero-order chi connectivity index (χ0) is 19.7. The Hall–Kier alpha value is -2.65. The van der Waals surface area contributed by atoms with Crippen LogP contribution in [0.4, 0.5) is 5.00 Å². The van der Waals surface area contributed by atoms with Crippen LogP contribution in [0.15, 0.2) is 18.2 Å². The second-order valence-electron chi connectivity index (χ2n) is 6.87. The van der Waals surface area contributed by atoms with Crippen molar-refractivity contribution in [2.45, 2.75) is 12.8 Å². The van der Waals surface area contributed by atoms with Crippen LogP contribution < -0.4 is 15.8 Å². The normalized spacial score (nSPS) is 16.8. The van der Waals surface area contributed by atoms with E-state index in [1.807, 2.05) is 0 Å². The number of carbonyl (C=O) groups excluding carboxylic acids is 3. The molecule has 0 spiro atoms. The van der Waals surface area contributed by atoms with Crippen LogP contribution in [0.3, 0.4) is 0 Å². The molecule has 8 nitrogen and oxygen atoms in total. The maximum atomic E-state index is 12.2. The number of fused-ring (bicyclic) bond motifs is 1. The van der Waals surface area contributed by atoms with Crippen LogP contribution >= 0.6 is 11.3 Å². The van der Waals surface area contributed by atoms with Crippen LogP contribution in [0.5, 0.6) is 5.75 Å². The minimum Gasteiger partial charge on any atom is -0.484 e. The third-order valence-electron chi connectivity index (χ3n) is 4.82. The molecule has 2 aromatic rings. The van der Waals surface area contributed by atoms with Crippen LogP contribution in [0, 0.1) is 5.92 Å². The monoisotopic (exact) mass is 403 g/mol. The molecule has 1 aliphatic heterocycles. The van der Waals surface area contributed by atoms with E-state index in [4.69, 9.17) is 15.2 Å². The van der Waals surface area contributed by atoms with Gasteiger partial charge in [0.1, 0.15) is 10.8 Å². The molecule has 148 valence electrons. The molecule has 28 heavy (non-hydrogen) atoms. The molecule has 1 aromatic heterocycles. The third-order valence-corrected chi connectivity index (χ3v) is 5.89. The zero-order valence-electron chi connectivity index (χ0n) is 15.2. The van der Waals surface area contributed by atoms with Gasteiger partial charge in [0.2, 0.25) is 5.91 Å². The van der Waals surface area contributed by atoms with Gasteiger partial charge in [0, 0.05) is 29.1 Å². The second kappa shape index (κ2) is 7.76. The van der Waals surface area contributed by atoms with Crippen molar-refractivity contribution in [3.05, 3.63) is 23.8 Å². The Morgan fingerprint density at radius 2 is 2.00 bits per heavy atom. The molecular weight excluding hydrogens is 382 g/mol. The Morgan fingerprint density at radius 3 is 2.68 bits per heavy atom. The molecule has 9 heteroatoms. The molecule has 1 aromatic carbocycles. The number of nitrogens with one attached hydrogen (secondary N) is 1. The number of primary amides is 1. The third kappa shape index (κ3) is 3.95. The van der Waals surface area contributed by atoms with Crippen LogP contribution in [-0.2, 0) is 14.3 Å². The van der Waals surface area contributed by atoms with Crippen LogP contribution in [0.2, 0.25) is 0 Å². The SMILES string of the molecule is NC(=O)c1c(NC(=O)C2CC2)sc2cc(OCC(=O)N3CCOCC3)ccc12. The summed E-state index contributed by atoms with van der Waals surface area (Å²) < 4.78 is 11.6. The maximum Gasteiger partial charge on any atom is 0.260 e. The Morgan fingerprint density at radius 1 is 1.25 bits per heavy atom. The Kier molecular flexibility index (Phi) is 5.19. The summed E-state index contributed by atoms with van der Waals surface area (Å²) in [5.41, 5.74) is 5.85. The molecule has 1 aliphatic carbocycles. The summed E-state index contributed by atoms with van der Waals surface area (Å²) >= 11 is 1.28. The van der Waals surface area contributed by atoms with E-state index in [-0.39, 0.29) is 24.3 Å². The van der Waals surface area contributed by atoms with Gasteiger partial charge in [0.25, 0.3) is 11.8 Å². The van der Waals surface area contributed by atoms with Crippen LogP contribution in [0.25, 0.3) is 10.1 Å². The van der Waals surface area contributed by atoms with E-state index in [1.165, 1.54) is 11.3 Å². The maximum absolute atomic E-state index is 12.2. The molecule has 3 amide bonds. The van der Waals surface area contributed by atoms with Crippen LogP contribution in [-0.4, -0.2) is 55.5 Å². The van der Waals surface area contributed by atoms with Crippen molar-refractivity contribution >= 4 is 44.1 Å². The highest BCUT2D eigenvalue weighted by Gasteiger charge is 2.31. The number of morpholine rings is 1.